The molecule has 2 aromatic heterocycles. The summed E-state index contributed by atoms with van der Waals surface area (Å²) >= 11 is 0. The average molecular weight is 420 g/mol. The first-order valence-corrected chi connectivity index (χ1v) is 10.2. The summed E-state index contributed by atoms with van der Waals surface area (Å²) in [5.41, 5.74) is 4.01. The Hall–Kier alpha value is -3.55. The van der Waals surface area contributed by atoms with E-state index in [9.17, 15) is 9.18 Å². The average Bonchev–Trinajstić information content (AvgIpc) is 2.77. The summed E-state index contributed by atoms with van der Waals surface area (Å²) in [6.45, 7) is 2.57. The standard InChI is InChI=1S/C23H25FN6O/c1-15-4-3-11-26-21(15)23(12-17(24)13-23)14-27-20-10-9-19(29-30-20)16-5-7-18(8-6-16)28-22(31)25-2/h3-11,17H,12-14H2,1-2H3,(H,27,30)(H2,25,28,31). The van der Waals surface area contributed by atoms with Crippen LogP contribution in [0.15, 0.2) is 54.7 Å². The number of alkyl halides is 1. The molecule has 1 fully saturated rings. The fraction of sp³-hybridized carbons (Fsp3) is 0.304. The Balaban J connectivity index is 1.43. The fourth-order valence-electron chi connectivity index (χ4n) is 4.01. The number of hydrogen-bond acceptors (Lipinski definition) is 5. The fourth-order valence-corrected chi connectivity index (χ4v) is 4.01. The third-order valence-corrected chi connectivity index (χ3v) is 5.67. The number of pyridine rings is 1. The minimum atomic E-state index is -0.794. The van der Waals surface area contributed by atoms with Crippen LogP contribution in [0.2, 0.25) is 0 Å². The SMILES string of the molecule is CNC(=O)Nc1ccc(-c2ccc(NCC3(c4ncccc4C)CC(F)C3)nn2)cc1. The van der Waals surface area contributed by atoms with Crippen molar-refractivity contribution in [1.29, 1.82) is 0 Å². The Morgan fingerprint density at radius 3 is 2.52 bits per heavy atom. The number of nitrogens with zero attached hydrogens (tertiary/aromatic N) is 3. The first-order chi connectivity index (χ1) is 15.0. The molecule has 1 aromatic carbocycles. The highest BCUT2D eigenvalue weighted by molar-refractivity contribution is 5.89. The summed E-state index contributed by atoms with van der Waals surface area (Å²) in [4.78, 5) is 15.9. The van der Waals surface area contributed by atoms with Gasteiger partial charge in [-0.15, -0.1) is 10.2 Å². The van der Waals surface area contributed by atoms with Gasteiger partial charge in [0.05, 0.1) is 11.4 Å². The largest absolute Gasteiger partial charge is 0.368 e. The molecule has 1 saturated carbocycles. The number of anilines is 2. The van der Waals surface area contributed by atoms with Crippen molar-refractivity contribution in [1.82, 2.24) is 20.5 Å². The molecule has 4 rings (SSSR count). The molecule has 0 spiro atoms. The quantitative estimate of drug-likeness (QED) is 0.559. The Morgan fingerprint density at radius 2 is 1.90 bits per heavy atom. The third kappa shape index (κ3) is 4.47. The molecule has 160 valence electrons. The Kier molecular flexibility index (Phi) is 5.79. The minimum Gasteiger partial charge on any atom is -0.368 e. The minimum absolute atomic E-state index is 0.271. The number of nitrogens with one attached hydrogen (secondary N) is 3. The van der Waals surface area contributed by atoms with Crippen molar-refractivity contribution in [3.63, 3.8) is 0 Å². The van der Waals surface area contributed by atoms with Gasteiger partial charge in [-0.1, -0.05) is 18.2 Å². The maximum atomic E-state index is 13.8. The molecule has 0 saturated heterocycles. The van der Waals surface area contributed by atoms with Crippen LogP contribution < -0.4 is 16.0 Å². The Morgan fingerprint density at radius 1 is 1.13 bits per heavy atom. The molecule has 0 radical (unpaired) electrons. The van der Waals surface area contributed by atoms with Crippen LogP contribution in [-0.4, -0.2) is 41.0 Å². The molecule has 0 atom stereocenters. The highest BCUT2D eigenvalue weighted by atomic mass is 19.1. The van der Waals surface area contributed by atoms with Gasteiger partial charge in [-0.3, -0.25) is 4.98 Å². The van der Waals surface area contributed by atoms with Gasteiger partial charge in [0.2, 0.25) is 0 Å². The maximum Gasteiger partial charge on any atom is 0.318 e. The zero-order valence-electron chi connectivity index (χ0n) is 17.5. The van der Waals surface area contributed by atoms with E-state index >= 15 is 0 Å². The number of aromatic nitrogens is 3. The van der Waals surface area contributed by atoms with Gasteiger partial charge in [0.15, 0.2) is 0 Å². The molecule has 2 amide bonds. The first kappa shape index (κ1) is 20.7. The molecule has 31 heavy (non-hydrogen) atoms. The van der Waals surface area contributed by atoms with Crippen molar-refractivity contribution in [3.8, 4) is 11.3 Å². The summed E-state index contributed by atoms with van der Waals surface area (Å²) < 4.78 is 13.8. The molecule has 3 aromatic rings. The third-order valence-electron chi connectivity index (χ3n) is 5.67. The number of halogens is 1. The van der Waals surface area contributed by atoms with Crippen molar-refractivity contribution < 1.29 is 9.18 Å². The number of aryl methyl sites for hydroxylation is 1. The van der Waals surface area contributed by atoms with Gasteiger partial charge < -0.3 is 16.0 Å². The molecular formula is C23H25FN6O. The molecule has 1 aliphatic carbocycles. The van der Waals surface area contributed by atoms with Crippen LogP contribution in [0, 0.1) is 6.92 Å². The van der Waals surface area contributed by atoms with E-state index in [4.69, 9.17) is 0 Å². The number of benzene rings is 1. The topological polar surface area (TPSA) is 91.8 Å². The van der Waals surface area contributed by atoms with E-state index < -0.39 is 6.17 Å². The van der Waals surface area contributed by atoms with Crippen LogP contribution in [-0.2, 0) is 5.41 Å². The number of carbonyl (C=O) groups is 1. The molecule has 3 N–H and O–H groups in total. The molecule has 0 aliphatic heterocycles. The van der Waals surface area contributed by atoms with Gasteiger partial charge in [0, 0.05) is 36.5 Å². The van der Waals surface area contributed by atoms with Gasteiger partial charge in [-0.25, -0.2) is 9.18 Å². The van der Waals surface area contributed by atoms with E-state index in [0.29, 0.717) is 30.9 Å². The molecule has 2 heterocycles. The van der Waals surface area contributed by atoms with E-state index in [1.54, 1.807) is 25.4 Å². The van der Waals surface area contributed by atoms with Crippen LogP contribution in [0.4, 0.5) is 20.7 Å². The van der Waals surface area contributed by atoms with Crippen LogP contribution in [0.3, 0.4) is 0 Å². The zero-order valence-corrected chi connectivity index (χ0v) is 17.5. The summed E-state index contributed by atoms with van der Waals surface area (Å²) in [5, 5.41) is 17.1. The smallest absolute Gasteiger partial charge is 0.318 e. The van der Waals surface area contributed by atoms with Crippen LogP contribution in [0.1, 0.15) is 24.1 Å². The van der Waals surface area contributed by atoms with Crippen LogP contribution >= 0.6 is 0 Å². The van der Waals surface area contributed by atoms with E-state index in [2.05, 4.69) is 31.1 Å². The second-order valence-electron chi connectivity index (χ2n) is 7.89. The van der Waals surface area contributed by atoms with Crippen molar-refractivity contribution in [3.05, 3.63) is 66.0 Å². The molecule has 1 aliphatic rings. The van der Waals surface area contributed by atoms with Crippen molar-refractivity contribution in [2.45, 2.75) is 31.4 Å². The number of rotatable bonds is 6. The van der Waals surface area contributed by atoms with E-state index in [1.807, 2.05) is 43.3 Å². The summed E-state index contributed by atoms with van der Waals surface area (Å²) in [5.74, 6) is 0.636. The van der Waals surface area contributed by atoms with E-state index in [1.165, 1.54) is 0 Å². The molecule has 7 nitrogen and oxygen atoms in total. The Bertz CT molecular complexity index is 1050. The predicted molar refractivity (Wildman–Crippen MR) is 119 cm³/mol. The number of carbonyl (C=O) groups excluding carboxylic acids is 1. The van der Waals surface area contributed by atoms with Gasteiger partial charge in [-0.2, -0.15) is 0 Å². The number of urea groups is 1. The van der Waals surface area contributed by atoms with Gasteiger partial charge in [-0.05, 0) is 55.7 Å². The molecular weight excluding hydrogens is 395 g/mol. The lowest BCUT2D eigenvalue weighted by molar-refractivity contribution is 0.0991. The van der Waals surface area contributed by atoms with E-state index in [0.717, 1.165) is 22.5 Å². The van der Waals surface area contributed by atoms with E-state index in [-0.39, 0.29) is 11.4 Å². The Labute approximate surface area is 180 Å². The number of amides is 2. The predicted octanol–water partition coefficient (Wildman–Crippen LogP) is 4.08. The normalized spacial score (nSPS) is 19.9. The summed E-state index contributed by atoms with van der Waals surface area (Å²) in [6.07, 6.45) is 1.89. The lowest BCUT2D eigenvalue weighted by Crippen LogP contribution is -2.48. The summed E-state index contributed by atoms with van der Waals surface area (Å²) in [6, 6.07) is 14.7. The molecule has 0 unspecified atom stereocenters. The van der Waals surface area contributed by atoms with Crippen LogP contribution in [0.5, 0.6) is 0 Å². The maximum absolute atomic E-state index is 13.8. The van der Waals surface area contributed by atoms with Crippen molar-refractivity contribution >= 4 is 17.5 Å². The summed E-state index contributed by atoms with van der Waals surface area (Å²) in [7, 11) is 1.56. The van der Waals surface area contributed by atoms with Gasteiger partial charge in [0.25, 0.3) is 0 Å². The lowest BCUT2D eigenvalue weighted by atomic mass is 9.64. The second-order valence-corrected chi connectivity index (χ2v) is 7.89. The highest BCUT2D eigenvalue weighted by Gasteiger charge is 2.47. The van der Waals surface area contributed by atoms with Gasteiger partial charge in [0.1, 0.15) is 12.0 Å². The van der Waals surface area contributed by atoms with Crippen molar-refractivity contribution in [2.75, 3.05) is 24.2 Å². The lowest BCUT2D eigenvalue weighted by Gasteiger charge is -2.44. The van der Waals surface area contributed by atoms with Gasteiger partial charge >= 0.3 is 6.03 Å². The monoisotopic (exact) mass is 420 g/mol. The first-order valence-electron chi connectivity index (χ1n) is 10.2. The molecule has 8 heteroatoms. The number of hydrogen-bond donors (Lipinski definition) is 3. The van der Waals surface area contributed by atoms with Crippen LogP contribution in [0.25, 0.3) is 11.3 Å². The van der Waals surface area contributed by atoms with Crippen molar-refractivity contribution in [2.24, 2.45) is 0 Å². The highest BCUT2D eigenvalue weighted by Crippen LogP contribution is 2.45. The zero-order chi connectivity index (χ0) is 21.8. The molecule has 0 bridgehead atoms. The second kappa shape index (κ2) is 8.67.